The SMILES string of the molecule is CCNCc1cc2c(cc1OCC(N)=O)OCO2. The molecule has 2 rings (SSSR count). The Morgan fingerprint density at radius 3 is 2.83 bits per heavy atom. The summed E-state index contributed by atoms with van der Waals surface area (Å²) in [6.07, 6.45) is 0. The highest BCUT2D eigenvalue weighted by molar-refractivity contribution is 5.75. The Morgan fingerprint density at radius 1 is 1.44 bits per heavy atom. The summed E-state index contributed by atoms with van der Waals surface area (Å²) in [5.41, 5.74) is 5.97. The molecule has 1 aromatic carbocycles. The van der Waals surface area contributed by atoms with Crippen molar-refractivity contribution in [3.63, 3.8) is 0 Å². The van der Waals surface area contributed by atoms with Gasteiger partial charge in [-0.25, -0.2) is 0 Å². The number of primary amides is 1. The van der Waals surface area contributed by atoms with E-state index in [1.54, 1.807) is 6.07 Å². The van der Waals surface area contributed by atoms with Gasteiger partial charge in [0.2, 0.25) is 6.79 Å². The summed E-state index contributed by atoms with van der Waals surface area (Å²) in [5.74, 6) is 1.38. The molecule has 0 fully saturated rings. The van der Waals surface area contributed by atoms with Crippen molar-refractivity contribution < 1.29 is 19.0 Å². The number of benzene rings is 1. The predicted molar refractivity (Wildman–Crippen MR) is 64.6 cm³/mol. The van der Waals surface area contributed by atoms with Crippen molar-refractivity contribution in [2.75, 3.05) is 19.9 Å². The molecule has 0 aromatic heterocycles. The highest BCUT2D eigenvalue weighted by Gasteiger charge is 2.18. The molecule has 1 aliphatic rings. The largest absolute Gasteiger partial charge is 0.483 e. The lowest BCUT2D eigenvalue weighted by atomic mass is 10.1. The molecule has 6 heteroatoms. The lowest BCUT2D eigenvalue weighted by molar-refractivity contribution is -0.119. The molecular formula is C12H16N2O4. The Hall–Kier alpha value is -1.95. The third kappa shape index (κ3) is 2.84. The van der Waals surface area contributed by atoms with E-state index in [1.807, 2.05) is 13.0 Å². The van der Waals surface area contributed by atoms with Crippen molar-refractivity contribution in [1.29, 1.82) is 0 Å². The number of amides is 1. The summed E-state index contributed by atoms with van der Waals surface area (Å²) in [6, 6.07) is 3.57. The van der Waals surface area contributed by atoms with Crippen molar-refractivity contribution in [3.05, 3.63) is 17.7 Å². The molecule has 0 radical (unpaired) electrons. The highest BCUT2D eigenvalue weighted by atomic mass is 16.7. The molecule has 3 N–H and O–H groups in total. The second kappa shape index (κ2) is 5.59. The van der Waals surface area contributed by atoms with Crippen LogP contribution in [0, 0.1) is 0 Å². The summed E-state index contributed by atoms with van der Waals surface area (Å²) in [5, 5.41) is 3.19. The molecule has 1 aromatic rings. The fraction of sp³-hybridized carbons (Fsp3) is 0.417. The van der Waals surface area contributed by atoms with Crippen LogP contribution in [0.1, 0.15) is 12.5 Å². The Balaban J connectivity index is 2.20. The van der Waals surface area contributed by atoms with Crippen LogP contribution in [-0.2, 0) is 11.3 Å². The number of carbonyl (C=O) groups excluding carboxylic acids is 1. The smallest absolute Gasteiger partial charge is 0.255 e. The lowest BCUT2D eigenvalue weighted by Gasteiger charge is -2.11. The van der Waals surface area contributed by atoms with Crippen LogP contribution in [-0.4, -0.2) is 25.9 Å². The van der Waals surface area contributed by atoms with Gasteiger partial charge in [-0.15, -0.1) is 0 Å². The number of hydrogen-bond acceptors (Lipinski definition) is 5. The monoisotopic (exact) mass is 252 g/mol. The second-order valence-electron chi connectivity index (χ2n) is 3.85. The van der Waals surface area contributed by atoms with Crippen LogP contribution >= 0.6 is 0 Å². The van der Waals surface area contributed by atoms with Crippen molar-refractivity contribution in [3.8, 4) is 17.2 Å². The first-order valence-electron chi connectivity index (χ1n) is 5.75. The Labute approximate surface area is 105 Å². The van der Waals surface area contributed by atoms with Crippen LogP contribution in [0.3, 0.4) is 0 Å². The van der Waals surface area contributed by atoms with E-state index < -0.39 is 5.91 Å². The number of nitrogens with one attached hydrogen (secondary N) is 1. The first-order chi connectivity index (χ1) is 8.70. The zero-order chi connectivity index (χ0) is 13.0. The zero-order valence-corrected chi connectivity index (χ0v) is 10.2. The number of ether oxygens (including phenoxy) is 3. The molecule has 0 aliphatic carbocycles. The fourth-order valence-electron chi connectivity index (χ4n) is 1.65. The topological polar surface area (TPSA) is 82.8 Å². The van der Waals surface area contributed by atoms with E-state index in [9.17, 15) is 4.79 Å². The fourth-order valence-corrected chi connectivity index (χ4v) is 1.65. The van der Waals surface area contributed by atoms with Gasteiger partial charge < -0.3 is 25.3 Å². The van der Waals surface area contributed by atoms with Gasteiger partial charge in [0, 0.05) is 18.2 Å². The number of fused-ring (bicyclic) bond motifs is 1. The van der Waals surface area contributed by atoms with E-state index in [0.717, 1.165) is 12.1 Å². The van der Waals surface area contributed by atoms with E-state index in [-0.39, 0.29) is 13.4 Å². The number of carbonyl (C=O) groups is 1. The molecule has 18 heavy (non-hydrogen) atoms. The van der Waals surface area contributed by atoms with E-state index in [0.29, 0.717) is 23.8 Å². The third-order valence-corrected chi connectivity index (χ3v) is 2.49. The average molecular weight is 252 g/mol. The van der Waals surface area contributed by atoms with Crippen LogP contribution in [0.2, 0.25) is 0 Å². The van der Waals surface area contributed by atoms with Gasteiger partial charge in [0.25, 0.3) is 5.91 Å². The highest BCUT2D eigenvalue weighted by Crippen LogP contribution is 2.38. The van der Waals surface area contributed by atoms with E-state index in [2.05, 4.69) is 5.32 Å². The molecule has 1 aliphatic heterocycles. The van der Waals surface area contributed by atoms with Gasteiger partial charge in [0.1, 0.15) is 5.75 Å². The van der Waals surface area contributed by atoms with Crippen molar-refractivity contribution in [1.82, 2.24) is 5.32 Å². The Kier molecular flexibility index (Phi) is 3.88. The average Bonchev–Trinajstić information content (AvgIpc) is 2.79. The van der Waals surface area contributed by atoms with Crippen molar-refractivity contribution in [2.45, 2.75) is 13.5 Å². The molecule has 0 bridgehead atoms. The Morgan fingerprint density at radius 2 is 2.17 bits per heavy atom. The van der Waals surface area contributed by atoms with Crippen molar-refractivity contribution in [2.24, 2.45) is 5.73 Å². The van der Waals surface area contributed by atoms with Gasteiger partial charge in [-0.05, 0) is 12.6 Å². The van der Waals surface area contributed by atoms with Crippen LogP contribution in [0.15, 0.2) is 12.1 Å². The Bertz CT molecular complexity index is 448. The molecule has 6 nitrogen and oxygen atoms in total. The van der Waals surface area contributed by atoms with Gasteiger partial charge in [-0.3, -0.25) is 4.79 Å². The van der Waals surface area contributed by atoms with Gasteiger partial charge in [-0.2, -0.15) is 0 Å². The van der Waals surface area contributed by atoms with Crippen LogP contribution in [0.5, 0.6) is 17.2 Å². The molecular weight excluding hydrogens is 236 g/mol. The predicted octanol–water partition coefficient (Wildman–Crippen LogP) is 0.389. The van der Waals surface area contributed by atoms with Gasteiger partial charge in [0.15, 0.2) is 18.1 Å². The minimum Gasteiger partial charge on any atom is -0.483 e. The first-order valence-corrected chi connectivity index (χ1v) is 5.75. The number of rotatable bonds is 6. The standard InChI is InChI=1S/C12H16N2O4/c1-2-14-5-8-3-10-11(18-7-17-10)4-9(8)16-6-12(13)15/h3-4,14H,2,5-7H2,1H3,(H2,13,15). The minimum atomic E-state index is -0.512. The van der Waals surface area contributed by atoms with E-state index in [4.69, 9.17) is 19.9 Å². The van der Waals surface area contributed by atoms with Gasteiger partial charge in [-0.1, -0.05) is 6.92 Å². The normalized spacial score (nSPS) is 12.5. The van der Waals surface area contributed by atoms with Gasteiger partial charge in [0.05, 0.1) is 0 Å². The van der Waals surface area contributed by atoms with Crippen LogP contribution < -0.4 is 25.3 Å². The van der Waals surface area contributed by atoms with Crippen molar-refractivity contribution >= 4 is 5.91 Å². The molecule has 0 saturated carbocycles. The van der Waals surface area contributed by atoms with Crippen LogP contribution in [0.25, 0.3) is 0 Å². The molecule has 0 unspecified atom stereocenters. The summed E-state index contributed by atoms with van der Waals surface area (Å²) in [7, 11) is 0. The molecule has 0 saturated heterocycles. The molecule has 98 valence electrons. The second-order valence-corrected chi connectivity index (χ2v) is 3.85. The quantitative estimate of drug-likeness (QED) is 0.765. The van der Waals surface area contributed by atoms with E-state index >= 15 is 0 Å². The third-order valence-electron chi connectivity index (χ3n) is 2.49. The maximum atomic E-state index is 10.8. The van der Waals surface area contributed by atoms with Crippen LogP contribution in [0.4, 0.5) is 0 Å². The summed E-state index contributed by atoms with van der Waals surface area (Å²) < 4.78 is 15.9. The molecule has 0 atom stereocenters. The molecule has 0 spiro atoms. The summed E-state index contributed by atoms with van der Waals surface area (Å²) in [4.78, 5) is 10.8. The first kappa shape index (κ1) is 12.5. The maximum absolute atomic E-state index is 10.8. The number of hydrogen-bond donors (Lipinski definition) is 2. The summed E-state index contributed by atoms with van der Waals surface area (Å²) >= 11 is 0. The maximum Gasteiger partial charge on any atom is 0.255 e. The molecule has 1 heterocycles. The minimum absolute atomic E-state index is 0.154. The van der Waals surface area contributed by atoms with Gasteiger partial charge >= 0.3 is 0 Å². The van der Waals surface area contributed by atoms with E-state index in [1.165, 1.54) is 0 Å². The molecule has 1 amide bonds. The zero-order valence-electron chi connectivity index (χ0n) is 10.2. The number of nitrogens with two attached hydrogens (primary N) is 1. The lowest BCUT2D eigenvalue weighted by Crippen LogP contribution is -2.21. The summed E-state index contributed by atoms with van der Waals surface area (Å²) in [6.45, 7) is 3.52.